The van der Waals surface area contributed by atoms with Crippen LogP contribution >= 0.6 is 0 Å². The van der Waals surface area contributed by atoms with Crippen LogP contribution in [0.25, 0.3) is 0 Å². The van der Waals surface area contributed by atoms with E-state index in [1.54, 1.807) is 0 Å². The number of likely N-dealkylation sites (N-methyl/N-ethyl adjacent to an activating group) is 1. The summed E-state index contributed by atoms with van der Waals surface area (Å²) in [5.41, 5.74) is 2.92. The lowest BCUT2D eigenvalue weighted by Crippen LogP contribution is -2.38. The monoisotopic (exact) mass is 277 g/mol. The smallest absolute Gasteiger partial charge is 0.251 e. The van der Waals surface area contributed by atoms with Crippen molar-refractivity contribution < 1.29 is 4.79 Å². The number of hydrogen-bond acceptors (Lipinski definition) is 3. The summed E-state index contributed by atoms with van der Waals surface area (Å²) in [7, 11) is 4.02. The highest BCUT2D eigenvalue weighted by Crippen LogP contribution is 2.16. The van der Waals surface area contributed by atoms with E-state index in [4.69, 9.17) is 0 Å². The summed E-state index contributed by atoms with van der Waals surface area (Å²) < 4.78 is 0. The van der Waals surface area contributed by atoms with Crippen LogP contribution in [-0.4, -0.2) is 44.0 Å². The molecule has 0 aromatic heterocycles. The Morgan fingerprint density at radius 3 is 2.60 bits per heavy atom. The van der Waals surface area contributed by atoms with E-state index in [-0.39, 0.29) is 5.91 Å². The van der Waals surface area contributed by atoms with Gasteiger partial charge < -0.3 is 15.5 Å². The van der Waals surface area contributed by atoms with Gasteiger partial charge in [-0.1, -0.05) is 6.92 Å². The zero-order valence-corrected chi connectivity index (χ0v) is 13.3. The number of aryl methyl sites for hydroxylation is 1. The van der Waals surface area contributed by atoms with Crippen molar-refractivity contribution in [3.63, 3.8) is 0 Å². The largest absolute Gasteiger partial charge is 0.385 e. The molecule has 0 saturated heterocycles. The van der Waals surface area contributed by atoms with Crippen LogP contribution in [0.1, 0.15) is 36.2 Å². The molecule has 1 atom stereocenters. The van der Waals surface area contributed by atoms with Gasteiger partial charge in [-0.15, -0.1) is 0 Å². The van der Waals surface area contributed by atoms with Crippen molar-refractivity contribution in [3.05, 3.63) is 29.3 Å². The summed E-state index contributed by atoms with van der Waals surface area (Å²) in [5, 5.41) is 6.32. The Bertz CT molecular complexity index is 443. The Labute approximate surface area is 122 Å². The van der Waals surface area contributed by atoms with Gasteiger partial charge in [0.2, 0.25) is 0 Å². The molecule has 1 aromatic carbocycles. The van der Waals surface area contributed by atoms with Crippen molar-refractivity contribution in [2.45, 2.75) is 33.2 Å². The number of rotatable bonds is 7. The van der Waals surface area contributed by atoms with Gasteiger partial charge in [0.05, 0.1) is 0 Å². The summed E-state index contributed by atoms with van der Waals surface area (Å²) in [6, 6.07) is 6.12. The number of carbonyl (C=O) groups excluding carboxylic acids is 1. The molecule has 112 valence electrons. The van der Waals surface area contributed by atoms with Gasteiger partial charge in [-0.25, -0.2) is 0 Å². The normalized spacial score (nSPS) is 12.3. The fourth-order valence-corrected chi connectivity index (χ4v) is 1.79. The first-order valence-corrected chi connectivity index (χ1v) is 7.24. The molecule has 4 nitrogen and oxygen atoms in total. The SMILES string of the molecule is CCCNc1ccc(C(=O)NCC(C)N(C)C)cc1C. The molecular formula is C16H27N3O. The standard InChI is InChI=1S/C16H27N3O/c1-6-9-17-15-8-7-14(10-12(15)2)16(20)18-11-13(3)19(4)5/h7-8,10,13,17H,6,9,11H2,1-5H3,(H,18,20). The maximum atomic E-state index is 12.1. The van der Waals surface area contributed by atoms with E-state index >= 15 is 0 Å². The first-order valence-electron chi connectivity index (χ1n) is 7.24. The van der Waals surface area contributed by atoms with Gasteiger partial charge in [0.1, 0.15) is 0 Å². The fourth-order valence-electron chi connectivity index (χ4n) is 1.79. The summed E-state index contributed by atoms with van der Waals surface area (Å²) in [6.45, 7) is 7.85. The minimum Gasteiger partial charge on any atom is -0.385 e. The number of amides is 1. The van der Waals surface area contributed by atoms with Gasteiger partial charge in [-0.05, 0) is 58.1 Å². The molecule has 0 saturated carbocycles. The third-order valence-electron chi connectivity index (χ3n) is 3.49. The molecule has 1 aromatic rings. The minimum atomic E-state index is -0.0103. The molecule has 0 bridgehead atoms. The van der Waals surface area contributed by atoms with E-state index in [1.807, 2.05) is 39.2 Å². The van der Waals surface area contributed by atoms with Crippen LogP contribution in [0, 0.1) is 6.92 Å². The minimum absolute atomic E-state index is 0.0103. The molecule has 0 aliphatic carbocycles. The van der Waals surface area contributed by atoms with Crippen LogP contribution in [0.3, 0.4) is 0 Å². The zero-order chi connectivity index (χ0) is 15.1. The Morgan fingerprint density at radius 1 is 1.35 bits per heavy atom. The molecule has 0 aliphatic rings. The quantitative estimate of drug-likeness (QED) is 0.805. The lowest BCUT2D eigenvalue weighted by molar-refractivity contribution is 0.0943. The molecule has 0 spiro atoms. The molecule has 20 heavy (non-hydrogen) atoms. The molecular weight excluding hydrogens is 250 g/mol. The van der Waals surface area contributed by atoms with E-state index in [2.05, 4.69) is 29.4 Å². The first kappa shape index (κ1) is 16.5. The average Bonchev–Trinajstić information content (AvgIpc) is 2.42. The van der Waals surface area contributed by atoms with Crippen LogP contribution in [0.2, 0.25) is 0 Å². The van der Waals surface area contributed by atoms with Crippen molar-refractivity contribution in [3.8, 4) is 0 Å². The second kappa shape index (κ2) is 7.90. The summed E-state index contributed by atoms with van der Waals surface area (Å²) in [4.78, 5) is 14.2. The van der Waals surface area contributed by atoms with Gasteiger partial charge >= 0.3 is 0 Å². The Hall–Kier alpha value is -1.55. The van der Waals surface area contributed by atoms with Crippen LogP contribution in [-0.2, 0) is 0 Å². The third-order valence-corrected chi connectivity index (χ3v) is 3.49. The van der Waals surface area contributed by atoms with Gasteiger partial charge in [0.25, 0.3) is 5.91 Å². The summed E-state index contributed by atoms with van der Waals surface area (Å²) >= 11 is 0. The number of nitrogens with zero attached hydrogens (tertiary/aromatic N) is 1. The van der Waals surface area contributed by atoms with Crippen LogP contribution < -0.4 is 10.6 Å². The Morgan fingerprint density at radius 2 is 2.05 bits per heavy atom. The van der Waals surface area contributed by atoms with Gasteiger partial charge in [-0.3, -0.25) is 4.79 Å². The lowest BCUT2D eigenvalue weighted by Gasteiger charge is -2.20. The van der Waals surface area contributed by atoms with E-state index in [0.29, 0.717) is 12.6 Å². The molecule has 4 heteroatoms. The highest BCUT2D eigenvalue weighted by atomic mass is 16.1. The van der Waals surface area contributed by atoms with Crippen molar-refractivity contribution in [1.29, 1.82) is 0 Å². The molecule has 0 fully saturated rings. The topological polar surface area (TPSA) is 44.4 Å². The molecule has 1 rings (SSSR count). The molecule has 1 unspecified atom stereocenters. The van der Waals surface area contributed by atoms with E-state index in [0.717, 1.165) is 29.8 Å². The molecule has 0 radical (unpaired) electrons. The van der Waals surface area contributed by atoms with Crippen molar-refractivity contribution in [2.75, 3.05) is 32.5 Å². The second-order valence-electron chi connectivity index (χ2n) is 5.48. The number of anilines is 1. The lowest BCUT2D eigenvalue weighted by atomic mass is 10.1. The number of carbonyl (C=O) groups is 1. The predicted octanol–water partition coefficient (Wildman–Crippen LogP) is 2.50. The van der Waals surface area contributed by atoms with Crippen LogP contribution in [0.4, 0.5) is 5.69 Å². The Kier molecular flexibility index (Phi) is 6.52. The van der Waals surface area contributed by atoms with Crippen molar-refractivity contribution in [1.82, 2.24) is 10.2 Å². The summed E-state index contributed by atoms with van der Waals surface area (Å²) in [5.74, 6) is -0.0103. The second-order valence-corrected chi connectivity index (χ2v) is 5.48. The average molecular weight is 277 g/mol. The highest BCUT2D eigenvalue weighted by molar-refractivity contribution is 5.94. The molecule has 0 heterocycles. The molecule has 2 N–H and O–H groups in total. The van der Waals surface area contributed by atoms with E-state index in [1.165, 1.54) is 0 Å². The Balaban J connectivity index is 2.63. The number of hydrogen-bond donors (Lipinski definition) is 2. The van der Waals surface area contributed by atoms with Gasteiger partial charge in [0.15, 0.2) is 0 Å². The van der Waals surface area contributed by atoms with Gasteiger partial charge in [-0.2, -0.15) is 0 Å². The molecule has 0 aliphatic heterocycles. The highest BCUT2D eigenvalue weighted by Gasteiger charge is 2.10. The van der Waals surface area contributed by atoms with Crippen molar-refractivity contribution in [2.24, 2.45) is 0 Å². The maximum Gasteiger partial charge on any atom is 0.251 e. The number of nitrogens with one attached hydrogen (secondary N) is 2. The maximum absolute atomic E-state index is 12.1. The fraction of sp³-hybridized carbons (Fsp3) is 0.562. The van der Waals surface area contributed by atoms with Crippen LogP contribution in [0.5, 0.6) is 0 Å². The van der Waals surface area contributed by atoms with E-state index < -0.39 is 0 Å². The number of benzene rings is 1. The predicted molar refractivity (Wildman–Crippen MR) is 85.4 cm³/mol. The summed E-state index contributed by atoms with van der Waals surface area (Å²) in [6.07, 6.45) is 1.09. The van der Waals surface area contributed by atoms with Crippen LogP contribution in [0.15, 0.2) is 18.2 Å². The third kappa shape index (κ3) is 4.85. The zero-order valence-electron chi connectivity index (χ0n) is 13.3. The first-order chi connectivity index (χ1) is 9.45. The molecule has 1 amide bonds. The van der Waals surface area contributed by atoms with Crippen molar-refractivity contribution >= 4 is 11.6 Å². The van der Waals surface area contributed by atoms with E-state index in [9.17, 15) is 4.79 Å². The van der Waals surface area contributed by atoms with Gasteiger partial charge in [0, 0.05) is 30.4 Å².